The molecule has 0 N–H and O–H groups in total. The van der Waals surface area contributed by atoms with Crippen LogP contribution in [0.3, 0.4) is 0 Å². The molecule has 0 amide bonds. The second kappa shape index (κ2) is 8.37. The van der Waals surface area contributed by atoms with Crippen molar-refractivity contribution in [1.29, 1.82) is 5.26 Å². The number of halogens is 1. The van der Waals surface area contributed by atoms with E-state index in [-0.39, 0.29) is 12.2 Å². The molecule has 26 heavy (non-hydrogen) atoms. The van der Waals surface area contributed by atoms with Gasteiger partial charge in [0, 0.05) is 15.7 Å². The van der Waals surface area contributed by atoms with Crippen LogP contribution in [0.5, 0.6) is 11.5 Å². The molecule has 1 aromatic heterocycles. The zero-order valence-electron chi connectivity index (χ0n) is 14.5. The molecule has 0 unspecified atom stereocenters. The number of ether oxygens (including phenoxy) is 2. The van der Waals surface area contributed by atoms with Crippen LogP contribution in [0, 0.1) is 37.5 Å². The Morgan fingerprint density at radius 1 is 1.42 bits per heavy atom. The molecule has 0 saturated carbocycles. The Kier molecular flexibility index (Phi) is 6.21. The minimum Gasteiger partial charge on any atom is -0.493 e. The van der Waals surface area contributed by atoms with Crippen molar-refractivity contribution in [2.45, 2.75) is 13.8 Å². The third-order valence-corrected chi connectivity index (χ3v) is 3.88. The molecule has 2 rings (SSSR count). The molecule has 0 fully saturated rings. The van der Waals surface area contributed by atoms with E-state index in [1.165, 1.54) is 17.9 Å². The molecule has 0 aliphatic rings. The Labute approximate surface area is 160 Å². The van der Waals surface area contributed by atoms with Gasteiger partial charge in [-0.3, -0.25) is 4.79 Å². The van der Waals surface area contributed by atoms with E-state index in [1.54, 1.807) is 32.0 Å². The first-order chi connectivity index (χ1) is 12.4. The number of methoxy groups -OCH3 is 1. The zero-order valence-corrected chi connectivity index (χ0v) is 16.1. The van der Waals surface area contributed by atoms with Crippen molar-refractivity contribution in [2.75, 3.05) is 13.7 Å². The lowest BCUT2D eigenvalue weighted by atomic mass is 10.1. The Morgan fingerprint density at radius 2 is 2.15 bits per heavy atom. The smallest absolute Gasteiger partial charge is 0.289 e. The van der Waals surface area contributed by atoms with Crippen LogP contribution in [0.15, 0.2) is 28.2 Å². The number of hydrogen-bond acceptors (Lipinski definition) is 5. The maximum absolute atomic E-state index is 12.7. The van der Waals surface area contributed by atoms with Gasteiger partial charge in [0.15, 0.2) is 11.5 Å². The molecule has 1 heterocycles. The third kappa shape index (κ3) is 4.14. The number of hydrogen-bond donors (Lipinski definition) is 0. The lowest BCUT2D eigenvalue weighted by molar-refractivity contribution is 0.0943. The standard InChI is InChI=1S/C19H16BrN3O3/c1-5-6-26-18-14(9-16(20)10-17(18)25-4)8-15(11-21)19(24)23-13(3)7-12(2)22-23/h1,7-10H,6H2,2-4H3/b15-8+. The van der Waals surface area contributed by atoms with Crippen LogP contribution >= 0.6 is 15.9 Å². The number of aryl methyl sites for hydroxylation is 2. The maximum Gasteiger partial charge on any atom is 0.289 e. The van der Waals surface area contributed by atoms with E-state index in [2.05, 4.69) is 26.9 Å². The fraction of sp³-hybridized carbons (Fsp3) is 0.211. The Bertz CT molecular complexity index is 962. The first kappa shape index (κ1) is 19.3. The molecular formula is C19H16BrN3O3. The van der Waals surface area contributed by atoms with Gasteiger partial charge in [0.2, 0.25) is 0 Å². The SMILES string of the molecule is C#CCOc1c(/C=C(\C#N)C(=O)n2nc(C)cc2C)cc(Br)cc1OC. The predicted octanol–water partition coefficient (Wildman–Crippen LogP) is 3.53. The molecule has 132 valence electrons. The van der Waals surface area contributed by atoms with Crippen LogP contribution in [0.2, 0.25) is 0 Å². The molecule has 0 spiro atoms. The molecule has 1 aromatic carbocycles. The molecule has 0 bridgehead atoms. The van der Waals surface area contributed by atoms with Crippen LogP contribution in [-0.4, -0.2) is 29.4 Å². The van der Waals surface area contributed by atoms with Gasteiger partial charge in [0.1, 0.15) is 18.2 Å². The average Bonchev–Trinajstić information content (AvgIpc) is 2.95. The van der Waals surface area contributed by atoms with Gasteiger partial charge >= 0.3 is 0 Å². The van der Waals surface area contributed by atoms with Gasteiger partial charge in [-0.1, -0.05) is 21.9 Å². The van der Waals surface area contributed by atoms with Crippen molar-refractivity contribution in [1.82, 2.24) is 9.78 Å². The zero-order chi connectivity index (χ0) is 19.3. The summed E-state index contributed by atoms with van der Waals surface area (Å²) in [4.78, 5) is 12.7. The van der Waals surface area contributed by atoms with E-state index in [9.17, 15) is 10.1 Å². The number of carbonyl (C=O) groups excluding carboxylic acids is 1. The number of allylic oxidation sites excluding steroid dienone is 1. The molecule has 0 aliphatic carbocycles. The predicted molar refractivity (Wildman–Crippen MR) is 101 cm³/mol. The Hall–Kier alpha value is -3.03. The fourth-order valence-corrected chi connectivity index (χ4v) is 2.82. The van der Waals surface area contributed by atoms with Crippen LogP contribution < -0.4 is 9.47 Å². The highest BCUT2D eigenvalue weighted by Crippen LogP contribution is 2.36. The number of benzene rings is 1. The summed E-state index contributed by atoms with van der Waals surface area (Å²) in [6.45, 7) is 3.54. The van der Waals surface area contributed by atoms with Gasteiger partial charge in [-0.05, 0) is 38.1 Å². The van der Waals surface area contributed by atoms with Gasteiger partial charge in [-0.25, -0.2) is 4.68 Å². The summed E-state index contributed by atoms with van der Waals surface area (Å²) in [5.74, 6) is 2.63. The summed E-state index contributed by atoms with van der Waals surface area (Å²) in [5.41, 5.74) is 1.72. The van der Waals surface area contributed by atoms with E-state index in [4.69, 9.17) is 15.9 Å². The summed E-state index contributed by atoms with van der Waals surface area (Å²) in [5, 5.41) is 13.6. The van der Waals surface area contributed by atoms with Crippen molar-refractivity contribution < 1.29 is 14.3 Å². The number of terminal acetylenes is 1. The Morgan fingerprint density at radius 3 is 2.69 bits per heavy atom. The van der Waals surface area contributed by atoms with Gasteiger partial charge < -0.3 is 9.47 Å². The molecule has 0 aliphatic heterocycles. The average molecular weight is 414 g/mol. The van der Waals surface area contributed by atoms with Crippen LogP contribution in [0.4, 0.5) is 0 Å². The van der Waals surface area contributed by atoms with Gasteiger partial charge in [0.05, 0.1) is 12.8 Å². The molecule has 2 aromatic rings. The topological polar surface area (TPSA) is 77.1 Å². The highest BCUT2D eigenvalue weighted by molar-refractivity contribution is 9.10. The Balaban J connectivity index is 2.56. The van der Waals surface area contributed by atoms with Crippen molar-refractivity contribution in [2.24, 2.45) is 0 Å². The first-order valence-corrected chi connectivity index (χ1v) is 8.34. The number of rotatable bonds is 5. The van der Waals surface area contributed by atoms with E-state index < -0.39 is 5.91 Å². The maximum atomic E-state index is 12.7. The highest BCUT2D eigenvalue weighted by Gasteiger charge is 2.18. The quantitative estimate of drug-likeness (QED) is 0.425. The number of aromatic nitrogens is 2. The van der Waals surface area contributed by atoms with Gasteiger partial charge in [0.25, 0.3) is 5.91 Å². The van der Waals surface area contributed by atoms with Crippen LogP contribution in [0.25, 0.3) is 6.08 Å². The number of carbonyl (C=O) groups is 1. The van der Waals surface area contributed by atoms with Crippen LogP contribution in [-0.2, 0) is 0 Å². The molecule has 6 nitrogen and oxygen atoms in total. The number of nitrogens with zero attached hydrogens (tertiary/aromatic N) is 3. The summed E-state index contributed by atoms with van der Waals surface area (Å²) < 4.78 is 12.8. The van der Waals surface area contributed by atoms with Crippen molar-refractivity contribution in [3.63, 3.8) is 0 Å². The van der Waals surface area contributed by atoms with Gasteiger partial charge in [-0.2, -0.15) is 10.4 Å². The monoisotopic (exact) mass is 413 g/mol. The molecule has 0 saturated heterocycles. The van der Waals surface area contributed by atoms with Crippen LogP contribution in [0.1, 0.15) is 21.7 Å². The normalized spacial score (nSPS) is 10.8. The first-order valence-electron chi connectivity index (χ1n) is 7.54. The summed E-state index contributed by atoms with van der Waals surface area (Å²) in [7, 11) is 1.49. The largest absolute Gasteiger partial charge is 0.493 e. The van der Waals surface area contributed by atoms with E-state index in [1.807, 2.05) is 6.07 Å². The lowest BCUT2D eigenvalue weighted by Crippen LogP contribution is -2.15. The van der Waals surface area contributed by atoms with E-state index in [0.29, 0.717) is 32.9 Å². The summed E-state index contributed by atoms with van der Waals surface area (Å²) in [6.07, 6.45) is 6.69. The second-order valence-electron chi connectivity index (χ2n) is 5.33. The third-order valence-electron chi connectivity index (χ3n) is 3.42. The van der Waals surface area contributed by atoms with Crippen molar-refractivity contribution >= 4 is 27.9 Å². The van der Waals surface area contributed by atoms with Crippen molar-refractivity contribution in [3.05, 3.63) is 45.2 Å². The minimum atomic E-state index is -0.528. The molecule has 0 atom stereocenters. The van der Waals surface area contributed by atoms with Gasteiger partial charge in [-0.15, -0.1) is 6.42 Å². The van der Waals surface area contributed by atoms with Crippen molar-refractivity contribution in [3.8, 4) is 29.9 Å². The second-order valence-corrected chi connectivity index (χ2v) is 6.25. The summed E-state index contributed by atoms with van der Waals surface area (Å²) >= 11 is 3.37. The van der Waals surface area contributed by atoms with E-state index >= 15 is 0 Å². The highest BCUT2D eigenvalue weighted by atomic mass is 79.9. The number of nitriles is 1. The summed E-state index contributed by atoms with van der Waals surface area (Å²) in [6, 6.07) is 7.10. The molecule has 7 heteroatoms. The lowest BCUT2D eigenvalue weighted by Gasteiger charge is -2.13. The fourth-order valence-electron chi connectivity index (χ4n) is 2.36. The molecular weight excluding hydrogens is 398 g/mol. The molecule has 0 radical (unpaired) electrons. The minimum absolute atomic E-state index is 0.0200. The van der Waals surface area contributed by atoms with E-state index in [0.717, 1.165) is 0 Å².